The molecule has 0 atom stereocenters. The van der Waals surface area contributed by atoms with Crippen LogP contribution < -0.4 is 11.1 Å². The largest absolute Gasteiger partial charge is 0.397 e. The summed E-state index contributed by atoms with van der Waals surface area (Å²) in [5.41, 5.74) is 5.31. The highest BCUT2D eigenvalue weighted by Gasteiger charge is 2.18. The molecule has 0 aliphatic heterocycles. The molecule has 1 aromatic carbocycles. The summed E-state index contributed by atoms with van der Waals surface area (Å²) in [7, 11) is 0. The van der Waals surface area contributed by atoms with Gasteiger partial charge in [0.2, 0.25) is 0 Å². The van der Waals surface area contributed by atoms with Gasteiger partial charge in [0.25, 0.3) is 11.6 Å². The van der Waals surface area contributed by atoms with E-state index in [1.165, 1.54) is 0 Å². The summed E-state index contributed by atoms with van der Waals surface area (Å²) in [6.07, 6.45) is 3.15. The molecule has 0 aliphatic rings. The molecule has 0 saturated heterocycles. The maximum atomic E-state index is 12.0. The van der Waals surface area contributed by atoms with E-state index in [2.05, 4.69) is 15.3 Å². The molecule has 1 amide bonds. The number of nitrogens with zero attached hydrogens (tertiary/aromatic N) is 2. The molecule has 8 nitrogen and oxygen atoms in total. The zero-order valence-corrected chi connectivity index (χ0v) is 10.8. The quantitative estimate of drug-likeness (QED) is 0.447. The number of benzene rings is 1. The summed E-state index contributed by atoms with van der Waals surface area (Å²) >= 11 is 5.78. The van der Waals surface area contributed by atoms with Gasteiger partial charge in [-0.25, -0.2) is 4.98 Å². The average molecular weight is 296 g/mol. The van der Waals surface area contributed by atoms with E-state index in [0.29, 0.717) is 5.82 Å². The summed E-state index contributed by atoms with van der Waals surface area (Å²) in [6, 6.07) is 2.18. The summed E-state index contributed by atoms with van der Waals surface area (Å²) < 4.78 is 0. The molecule has 4 N–H and O–H groups in total. The number of hydrogen-bond donors (Lipinski definition) is 3. The number of non-ortho nitro benzene ring substituents is 1. The number of aromatic amines is 1. The molecule has 0 radical (unpaired) electrons. The van der Waals surface area contributed by atoms with Crippen LogP contribution in [0.25, 0.3) is 0 Å². The molecule has 1 aromatic heterocycles. The molecule has 0 aliphatic carbocycles. The van der Waals surface area contributed by atoms with Crippen LogP contribution in [0.3, 0.4) is 0 Å². The van der Waals surface area contributed by atoms with Gasteiger partial charge in [0, 0.05) is 24.5 Å². The molecular formula is C11H10ClN5O3. The molecule has 1 heterocycles. The third-order valence-corrected chi connectivity index (χ3v) is 2.85. The molecule has 0 bridgehead atoms. The number of nitrogens with two attached hydrogens (primary N) is 1. The lowest BCUT2D eigenvalue weighted by molar-refractivity contribution is -0.384. The number of H-pyrrole nitrogens is 1. The van der Waals surface area contributed by atoms with Crippen molar-refractivity contribution in [3.05, 3.63) is 51.1 Å². The van der Waals surface area contributed by atoms with Gasteiger partial charge in [-0.3, -0.25) is 14.9 Å². The lowest BCUT2D eigenvalue weighted by Gasteiger charge is -2.07. The Kier molecular flexibility index (Phi) is 3.85. The minimum absolute atomic E-state index is 0.00536. The van der Waals surface area contributed by atoms with Gasteiger partial charge in [-0.15, -0.1) is 0 Å². The number of aromatic nitrogens is 2. The fourth-order valence-electron chi connectivity index (χ4n) is 1.55. The van der Waals surface area contributed by atoms with Crippen LogP contribution >= 0.6 is 11.6 Å². The van der Waals surface area contributed by atoms with Crippen LogP contribution in [0.5, 0.6) is 0 Å². The van der Waals surface area contributed by atoms with E-state index < -0.39 is 10.8 Å². The highest BCUT2D eigenvalue weighted by molar-refractivity contribution is 6.34. The number of amides is 1. The van der Waals surface area contributed by atoms with Crippen molar-refractivity contribution in [1.29, 1.82) is 0 Å². The first kappa shape index (κ1) is 13.8. The lowest BCUT2D eigenvalue weighted by atomic mass is 10.1. The van der Waals surface area contributed by atoms with Crippen LogP contribution in [-0.2, 0) is 6.54 Å². The highest BCUT2D eigenvalue weighted by atomic mass is 35.5. The maximum Gasteiger partial charge on any atom is 0.271 e. The van der Waals surface area contributed by atoms with Crippen molar-refractivity contribution >= 4 is 28.9 Å². The molecule has 9 heteroatoms. The van der Waals surface area contributed by atoms with Crippen molar-refractivity contribution in [2.45, 2.75) is 6.54 Å². The fraction of sp³-hybridized carbons (Fsp3) is 0.0909. The summed E-state index contributed by atoms with van der Waals surface area (Å²) in [6.45, 7) is 0.144. The number of imidazole rings is 1. The number of carbonyl (C=O) groups is 1. The lowest BCUT2D eigenvalue weighted by Crippen LogP contribution is -2.24. The minimum Gasteiger partial charge on any atom is -0.397 e. The smallest absolute Gasteiger partial charge is 0.271 e. The zero-order chi connectivity index (χ0) is 14.7. The summed E-state index contributed by atoms with van der Waals surface area (Å²) in [5.74, 6) is -0.0158. The third-order valence-electron chi connectivity index (χ3n) is 2.54. The molecule has 0 saturated carbocycles. The Morgan fingerprint density at radius 1 is 1.55 bits per heavy atom. The van der Waals surface area contributed by atoms with Gasteiger partial charge in [-0.05, 0) is 0 Å². The zero-order valence-electron chi connectivity index (χ0n) is 10.1. The normalized spacial score (nSPS) is 10.2. The molecule has 20 heavy (non-hydrogen) atoms. The summed E-state index contributed by atoms with van der Waals surface area (Å²) in [5, 5.41) is 13.2. The average Bonchev–Trinajstić information content (AvgIpc) is 2.92. The summed E-state index contributed by atoms with van der Waals surface area (Å²) in [4.78, 5) is 28.8. The van der Waals surface area contributed by atoms with E-state index in [1.807, 2.05) is 0 Å². The van der Waals surface area contributed by atoms with Gasteiger partial charge >= 0.3 is 0 Å². The minimum atomic E-state index is -0.644. The first-order chi connectivity index (χ1) is 9.49. The van der Waals surface area contributed by atoms with E-state index in [4.69, 9.17) is 17.3 Å². The number of anilines is 1. The second-order valence-electron chi connectivity index (χ2n) is 3.86. The Bertz CT molecular complexity index is 656. The van der Waals surface area contributed by atoms with E-state index in [-0.39, 0.29) is 28.5 Å². The topological polar surface area (TPSA) is 127 Å². The van der Waals surface area contributed by atoms with Crippen molar-refractivity contribution in [3.63, 3.8) is 0 Å². The molecule has 0 spiro atoms. The molecule has 2 rings (SSSR count). The van der Waals surface area contributed by atoms with Crippen LogP contribution in [0.15, 0.2) is 24.5 Å². The number of halogens is 1. The van der Waals surface area contributed by atoms with Gasteiger partial charge in [-0.1, -0.05) is 11.6 Å². The Morgan fingerprint density at radius 2 is 2.30 bits per heavy atom. The number of rotatable bonds is 4. The second-order valence-corrected chi connectivity index (χ2v) is 4.27. The van der Waals surface area contributed by atoms with Crippen LogP contribution in [0.4, 0.5) is 11.4 Å². The molecular weight excluding hydrogens is 286 g/mol. The number of nitrogens with one attached hydrogen (secondary N) is 2. The monoisotopic (exact) mass is 295 g/mol. The number of nitro benzene ring substituents is 1. The number of carbonyl (C=O) groups excluding carboxylic acids is 1. The maximum absolute atomic E-state index is 12.0. The van der Waals surface area contributed by atoms with E-state index >= 15 is 0 Å². The Labute approximate surface area is 118 Å². The van der Waals surface area contributed by atoms with E-state index in [9.17, 15) is 14.9 Å². The van der Waals surface area contributed by atoms with Gasteiger partial charge < -0.3 is 16.0 Å². The fourth-order valence-corrected chi connectivity index (χ4v) is 1.76. The predicted octanol–water partition coefficient (Wildman–Crippen LogP) is 1.48. The van der Waals surface area contributed by atoms with Crippen molar-refractivity contribution < 1.29 is 9.72 Å². The molecule has 104 valence electrons. The molecule has 0 unspecified atom stereocenters. The van der Waals surface area contributed by atoms with Crippen LogP contribution in [0.2, 0.25) is 5.02 Å². The van der Waals surface area contributed by atoms with Crippen LogP contribution in [0.1, 0.15) is 16.2 Å². The van der Waals surface area contributed by atoms with Crippen LogP contribution in [-0.4, -0.2) is 20.8 Å². The van der Waals surface area contributed by atoms with Gasteiger partial charge in [0.05, 0.1) is 27.7 Å². The molecule has 2 aromatic rings. The number of hydrogen-bond acceptors (Lipinski definition) is 5. The van der Waals surface area contributed by atoms with E-state index in [0.717, 1.165) is 12.1 Å². The van der Waals surface area contributed by atoms with Crippen LogP contribution in [0, 0.1) is 10.1 Å². The Morgan fingerprint density at radius 3 is 2.90 bits per heavy atom. The number of nitro groups is 1. The van der Waals surface area contributed by atoms with Crippen molar-refractivity contribution in [1.82, 2.24) is 15.3 Å². The third kappa shape index (κ3) is 2.86. The predicted molar refractivity (Wildman–Crippen MR) is 72.3 cm³/mol. The molecule has 0 fully saturated rings. The van der Waals surface area contributed by atoms with Crippen molar-refractivity contribution in [3.8, 4) is 0 Å². The first-order valence-corrected chi connectivity index (χ1v) is 5.86. The van der Waals surface area contributed by atoms with Gasteiger partial charge in [-0.2, -0.15) is 0 Å². The second kappa shape index (κ2) is 5.57. The first-order valence-electron chi connectivity index (χ1n) is 5.49. The van der Waals surface area contributed by atoms with E-state index in [1.54, 1.807) is 12.4 Å². The highest BCUT2D eigenvalue weighted by Crippen LogP contribution is 2.28. The SMILES string of the molecule is Nc1c(Cl)cc([N+](=O)[O-])cc1C(=O)NCc1ncc[nH]1. The van der Waals surface area contributed by atoms with Gasteiger partial charge in [0.1, 0.15) is 5.82 Å². The van der Waals surface area contributed by atoms with Gasteiger partial charge in [0.15, 0.2) is 0 Å². The van der Waals surface area contributed by atoms with Crippen molar-refractivity contribution in [2.75, 3.05) is 5.73 Å². The Hall–Kier alpha value is -2.61. The Balaban J connectivity index is 2.22. The van der Waals surface area contributed by atoms with Crippen molar-refractivity contribution in [2.24, 2.45) is 0 Å². The number of nitrogen functional groups attached to an aromatic ring is 1. The standard InChI is InChI=1S/C11H10ClN5O3/c12-8-4-6(17(19)20)3-7(10(8)13)11(18)16-5-9-14-1-2-15-9/h1-4H,5,13H2,(H,14,15)(H,16,18).